The summed E-state index contributed by atoms with van der Waals surface area (Å²) in [6, 6.07) is 3.14. The molecule has 0 aliphatic rings. The number of carbonyl (C=O) groups is 1. The lowest BCUT2D eigenvalue weighted by Gasteiger charge is -2.08. The van der Waals surface area contributed by atoms with Crippen molar-refractivity contribution in [1.82, 2.24) is 0 Å². The molecule has 1 aromatic rings. The SMILES string of the molecule is COC(=O)c1cc(N)c(Br)cc1OC. The molecule has 0 aliphatic carbocycles. The molecule has 0 unspecified atom stereocenters. The van der Waals surface area contributed by atoms with Crippen LogP contribution in [0.5, 0.6) is 5.75 Å². The third-order valence-electron chi connectivity index (χ3n) is 1.72. The van der Waals surface area contributed by atoms with Crippen molar-refractivity contribution in [2.75, 3.05) is 20.0 Å². The first-order valence-corrected chi connectivity index (χ1v) is 4.60. The third kappa shape index (κ3) is 1.98. The molecule has 0 fully saturated rings. The number of rotatable bonds is 2. The summed E-state index contributed by atoms with van der Waals surface area (Å²) in [6.45, 7) is 0. The minimum atomic E-state index is -0.471. The molecular weight excluding hydrogens is 250 g/mol. The number of anilines is 1. The molecule has 0 heterocycles. The van der Waals surface area contributed by atoms with Gasteiger partial charge in [0.1, 0.15) is 11.3 Å². The Morgan fingerprint density at radius 1 is 1.43 bits per heavy atom. The van der Waals surface area contributed by atoms with Crippen LogP contribution in [0, 0.1) is 0 Å². The molecule has 0 saturated heterocycles. The van der Waals surface area contributed by atoms with Gasteiger partial charge in [-0.2, -0.15) is 0 Å². The normalized spacial score (nSPS) is 9.64. The van der Waals surface area contributed by atoms with E-state index in [0.29, 0.717) is 21.5 Å². The van der Waals surface area contributed by atoms with Gasteiger partial charge in [0.15, 0.2) is 0 Å². The number of benzene rings is 1. The maximum absolute atomic E-state index is 11.3. The van der Waals surface area contributed by atoms with Crippen LogP contribution in [-0.4, -0.2) is 20.2 Å². The standard InChI is InChI=1S/C9H10BrNO3/c1-13-8-4-6(10)7(11)3-5(8)9(12)14-2/h3-4H,11H2,1-2H3. The van der Waals surface area contributed by atoms with E-state index in [4.69, 9.17) is 10.5 Å². The van der Waals surface area contributed by atoms with Gasteiger partial charge in [-0.15, -0.1) is 0 Å². The quantitative estimate of drug-likeness (QED) is 0.650. The number of nitrogens with two attached hydrogens (primary N) is 1. The zero-order valence-corrected chi connectivity index (χ0v) is 9.42. The molecular formula is C9H10BrNO3. The second kappa shape index (κ2) is 4.32. The van der Waals surface area contributed by atoms with Crippen molar-refractivity contribution < 1.29 is 14.3 Å². The fraction of sp³-hybridized carbons (Fsp3) is 0.222. The Hall–Kier alpha value is -1.23. The molecule has 14 heavy (non-hydrogen) atoms. The van der Waals surface area contributed by atoms with Gasteiger partial charge >= 0.3 is 5.97 Å². The van der Waals surface area contributed by atoms with Crippen molar-refractivity contribution in [3.63, 3.8) is 0 Å². The summed E-state index contributed by atoms with van der Waals surface area (Å²) in [6.07, 6.45) is 0. The number of hydrogen-bond acceptors (Lipinski definition) is 4. The van der Waals surface area contributed by atoms with Gasteiger partial charge in [0.2, 0.25) is 0 Å². The monoisotopic (exact) mass is 259 g/mol. The zero-order chi connectivity index (χ0) is 10.7. The Morgan fingerprint density at radius 2 is 2.07 bits per heavy atom. The van der Waals surface area contributed by atoms with Crippen molar-refractivity contribution in [2.45, 2.75) is 0 Å². The summed E-state index contributed by atoms with van der Waals surface area (Å²) in [5.74, 6) is -0.0426. The summed E-state index contributed by atoms with van der Waals surface area (Å²) in [7, 11) is 2.78. The average Bonchev–Trinajstić information content (AvgIpc) is 2.20. The summed E-state index contributed by atoms with van der Waals surface area (Å²) in [5.41, 5.74) is 6.41. The molecule has 4 nitrogen and oxygen atoms in total. The molecule has 5 heteroatoms. The van der Waals surface area contributed by atoms with E-state index >= 15 is 0 Å². The van der Waals surface area contributed by atoms with E-state index in [-0.39, 0.29) is 0 Å². The van der Waals surface area contributed by atoms with E-state index in [1.807, 2.05) is 0 Å². The number of carbonyl (C=O) groups excluding carboxylic acids is 1. The summed E-state index contributed by atoms with van der Waals surface area (Å²) in [5, 5.41) is 0. The molecule has 0 amide bonds. The van der Waals surface area contributed by atoms with Crippen LogP contribution >= 0.6 is 15.9 Å². The Labute approximate surface area is 90.1 Å². The smallest absolute Gasteiger partial charge is 0.341 e. The highest BCUT2D eigenvalue weighted by Gasteiger charge is 2.14. The first-order chi connectivity index (χ1) is 6.60. The lowest BCUT2D eigenvalue weighted by Crippen LogP contribution is -2.05. The minimum absolute atomic E-state index is 0.315. The lowest BCUT2D eigenvalue weighted by molar-refractivity contribution is 0.0597. The topological polar surface area (TPSA) is 61.5 Å². The Balaban J connectivity index is 3.27. The van der Waals surface area contributed by atoms with Gasteiger partial charge in [-0.25, -0.2) is 4.79 Å². The van der Waals surface area contributed by atoms with E-state index in [1.54, 1.807) is 6.07 Å². The Morgan fingerprint density at radius 3 is 2.57 bits per heavy atom. The summed E-state index contributed by atoms with van der Waals surface area (Å²) in [4.78, 5) is 11.3. The highest BCUT2D eigenvalue weighted by molar-refractivity contribution is 9.10. The predicted molar refractivity (Wildman–Crippen MR) is 56.4 cm³/mol. The molecule has 2 N–H and O–H groups in total. The Bertz CT molecular complexity index is 365. The number of nitrogen functional groups attached to an aromatic ring is 1. The van der Waals surface area contributed by atoms with Gasteiger partial charge in [-0.05, 0) is 28.1 Å². The van der Waals surface area contributed by atoms with Crippen LogP contribution < -0.4 is 10.5 Å². The van der Waals surface area contributed by atoms with Crippen LogP contribution in [0.4, 0.5) is 5.69 Å². The summed E-state index contributed by atoms with van der Waals surface area (Å²) < 4.78 is 10.3. The maximum Gasteiger partial charge on any atom is 0.341 e. The van der Waals surface area contributed by atoms with Crippen molar-refractivity contribution in [1.29, 1.82) is 0 Å². The molecule has 0 radical (unpaired) electrons. The number of methoxy groups -OCH3 is 2. The predicted octanol–water partition coefficient (Wildman–Crippen LogP) is 1.83. The first-order valence-electron chi connectivity index (χ1n) is 3.81. The van der Waals surface area contributed by atoms with E-state index in [1.165, 1.54) is 20.3 Å². The van der Waals surface area contributed by atoms with Gasteiger partial charge in [0.05, 0.1) is 14.2 Å². The zero-order valence-electron chi connectivity index (χ0n) is 7.83. The van der Waals surface area contributed by atoms with Crippen LogP contribution in [0.25, 0.3) is 0 Å². The third-order valence-corrected chi connectivity index (χ3v) is 2.41. The van der Waals surface area contributed by atoms with E-state index in [2.05, 4.69) is 20.7 Å². The van der Waals surface area contributed by atoms with Crippen molar-refractivity contribution >= 4 is 27.6 Å². The van der Waals surface area contributed by atoms with Crippen molar-refractivity contribution in [3.05, 3.63) is 22.2 Å². The number of hydrogen-bond donors (Lipinski definition) is 1. The van der Waals surface area contributed by atoms with Gasteiger partial charge < -0.3 is 15.2 Å². The van der Waals surface area contributed by atoms with Crippen LogP contribution in [-0.2, 0) is 4.74 Å². The Kier molecular flexibility index (Phi) is 3.35. The van der Waals surface area contributed by atoms with E-state index in [0.717, 1.165) is 0 Å². The van der Waals surface area contributed by atoms with Gasteiger partial charge in [-0.3, -0.25) is 0 Å². The second-order valence-corrected chi connectivity index (χ2v) is 3.42. The van der Waals surface area contributed by atoms with Crippen LogP contribution in [0.3, 0.4) is 0 Å². The molecule has 0 saturated carbocycles. The minimum Gasteiger partial charge on any atom is -0.496 e. The lowest BCUT2D eigenvalue weighted by atomic mass is 10.2. The maximum atomic E-state index is 11.3. The molecule has 76 valence electrons. The second-order valence-electron chi connectivity index (χ2n) is 2.57. The largest absolute Gasteiger partial charge is 0.496 e. The molecule has 0 aromatic heterocycles. The van der Waals surface area contributed by atoms with Crippen molar-refractivity contribution in [2.24, 2.45) is 0 Å². The highest BCUT2D eigenvalue weighted by Crippen LogP contribution is 2.29. The molecule has 0 aliphatic heterocycles. The first kappa shape index (κ1) is 10.8. The van der Waals surface area contributed by atoms with Crippen LogP contribution in [0.2, 0.25) is 0 Å². The van der Waals surface area contributed by atoms with Crippen molar-refractivity contribution in [3.8, 4) is 5.75 Å². The van der Waals surface area contributed by atoms with Gasteiger partial charge in [0, 0.05) is 10.2 Å². The van der Waals surface area contributed by atoms with E-state index < -0.39 is 5.97 Å². The molecule has 0 atom stereocenters. The fourth-order valence-electron chi connectivity index (χ4n) is 1.01. The number of ether oxygens (including phenoxy) is 2. The summed E-state index contributed by atoms with van der Waals surface area (Å²) >= 11 is 3.23. The average molecular weight is 260 g/mol. The van der Waals surface area contributed by atoms with Gasteiger partial charge in [0.25, 0.3) is 0 Å². The highest BCUT2D eigenvalue weighted by atomic mass is 79.9. The van der Waals surface area contributed by atoms with E-state index in [9.17, 15) is 4.79 Å². The number of esters is 1. The van der Waals surface area contributed by atoms with Crippen LogP contribution in [0.15, 0.2) is 16.6 Å². The number of halogens is 1. The van der Waals surface area contributed by atoms with Crippen LogP contribution in [0.1, 0.15) is 10.4 Å². The van der Waals surface area contributed by atoms with Gasteiger partial charge in [-0.1, -0.05) is 0 Å². The molecule has 1 aromatic carbocycles. The molecule has 1 rings (SSSR count). The fourth-order valence-corrected chi connectivity index (χ4v) is 1.33. The molecule has 0 spiro atoms. The molecule has 0 bridgehead atoms.